The van der Waals surface area contributed by atoms with E-state index in [-0.39, 0.29) is 30.2 Å². The highest BCUT2D eigenvalue weighted by Crippen LogP contribution is 2.27. The van der Waals surface area contributed by atoms with Gasteiger partial charge >= 0.3 is 11.8 Å². The molecule has 0 unspecified atom stereocenters. The van der Waals surface area contributed by atoms with Crippen molar-refractivity contribution in [1.82, 2.24) is 14.7 Å². The molecule has 2 amide bonds. The van der Waals surface area contributed by atoms with Gasteiger partial charge < -0.3 is 24.3 Å². The number of rotatable bonds is 12. The molecule has 3 rings (SSSR count). The molecule has 2 aromatic rings. The van der Waals surface area contributed by atoms with Crippen LogP contribution in [0.1, 0.15) is 62.8 Å². The number of carbonyl (C=O) groups excluding carboxylic acids is 2. The number of nitriles is 1. The molecular weight excluding hydrogens is 540 g/mol. The van der Waals surface area contributed by atoms with Gasteiger partial charge in [0.05, 0.1) is 18.7 Å². The van der Waals surface area contributed by atoms with Gasteiger partial charge in [-0.05, 0) is 64.3 Å². The average Bonchev–Trinajstić information content (AvgIpc) is 3.34. The Morgan fingerprint density at radius 1 is 1.07 bits per heavy atom. The molecule has 0 spiro atoms. The zero-order valence-corrected chi connectivity index (χ0v) is 26.4. The van der Waals surface area contributed by atoms with Crippen LogP contribution in [0.3, 0.4) is 0 Å². The number of benzene rings is 2. The van der Waals surface area contributed by atoms with Gasteiger partial charge in [-0.25, -0.2) is 14.9 Å². The Hall–Kier alpha value is -4.50. The fourth-order valence-corrected chi connectivity index (χ4v) is 5.52. The zero-order chi connectivity index (χ0) is 31.5. The van der Waals surface area contributed by atoms with Crippen molar-refractivity contribution in [2.75, 3.05) is 37.6 Å². The van der Waals surface area contributed by atoms with Crippen molar-refractivity contribution in [1.29, 1.82) is 5.26 Å². The number of ether oxygens (including phenoxy) is 1. The second-order valence-corrected chi connectivity index (χ2v) is 11.2. The molecule has 1 saturated heterocycles. The third-order valence-electron chi connectivity index (χ3n) is 7.22. The van der Waals surface area contributed by atoms with E-state index in [0.717, 1.165) is 23.2 Å². The van der Waals surface area contributed by atoms with Crippen LogP contribution in [-0.4, -0.2) is 65.5 Å². The number of hydrogen-bond donors (Lipinski definition) is 0. The van der Waals surface area contributed by atoms with Gasteiger partial charge in [0, 0.05) is 57.9 Å². The SMILES string of the molecule is [C-]#[N+]C(C#N)=C1N(CCC(=O)N(CC)c2cccc(CN(CCC)C(=O)OC(C)C)c2)CCN1Cc1cc(C)cc(C)c1. The topological polar surface area (TPSA) is 84.5 Å². The fourth-order valence-electron chi connectivity index (χ4n) is 5.52. The summed E-state index contributed by atoms with van der Waals surface area (Å²) in [5.41, 5.74) is 5.20. The van der Waals surface area contributed by atoms with Crippen molar-refractivity contribution in [3.8, 4) is 6.07 Å². The summed E-state index contributed by atoms with van der Waals surface area (Å²) in [7, 11) is 0. The number of amides is 2. The Morgan fingerprint density at radius 3 is 2.37 bits per heavy atom. The molecule has 1 heterocycles. The van der Waals surface area contributed by atoms with E-state index in [9.17, 15) is 14.9 Å². The van der Waals surface area contributed by atoms with Gasteiger partial charge in [-0.3, -0.25) is 4.79 Å². The third-order valence-corrected chi connectivity index (χ3v) is 7.22. The summed E-state index contributed by atoms with van der Waals surface area (Å²) in [6.45, 7) is 23.1. The van der Waals surface area contributed by atoms with Crippen LogP contribution in [0.15, 0.2) is 54.0 Å². The van der Waals surface area contributed by atoms with Gasteiger partial charge in [0.15, 0.2) is 0 Å². The first-order chi connectivity index (χ1) is 20.6. The van der Waals surface area contributed by atoms with Crippen molar-refractivity contribution >= 4 is 17.7 Å². The van der Waals surface area contributed by atoms with Crippen LogP contribution < -0.4 is 4.90 Å². The molecule has 43 heavy (non-hydrogen) atoms. The van der Waals surface area contributed by atoms with E-state index in [1.807, 2.05) is 56.9 Å². The maximum absolute atomic E-state index is 13.5. The van der Waals surface area contributed by atoms with Crippen LogP contribution in [0, 0.1) is 31.8 Å². The van der Waals surface area contributed by atoms with Gasteiger partial charge in [0.2, 0.25) is 5.91 Å². The lowest BCUT2D eigenvalue weighted by atomic mass is 10.1. The lowest BCUT2D eigenvalue weighted by Crippen LogP contribution is -2.35. The molecule has 0 saturated carbocycles. The molecule has 0 aliphatic carbocycles. The number of nitrogens with zero attached hydrogens (tertiary/aromatic N) is 6. The number of aryl methyl sites for hydroxylation is 2. The molecule has 9 nitrogen and oxygen atoms in total. The Bertz CT molecular complexity index is 1370. The molecule has 228 valence electrons. The summed E-state index contributed by atoms with van der Waals surface area (Å²) in [6.07, 6.45) is 0.499. The molecule has 0 radical (unpaired) electrons. The van der Waals surface area contributed by atoms with E-state index in [1.54, 1.807) is 9.80 Å². The number of allylic oxidation sites excluding steroid dienone is 1. The smallest absolute Gasteiger partial charge is 0.410 e. The van der Waals surface area contributed by atoms with Crippen LogP contribution in [-0.2, 0) is 22.6 Å². The van der Waals surface area contributed by atoms with Gasteiger partial charge in [-0.2, -0.15) is 0 Å². The van der Waals surface area contributed by atoms with Crippen LogP contribution >= 0.6 is 0 Å². The van der Waals surface area contributed by atoms with Crippen molar-refractivity contribution in [3.63, 3.8) is 0 Å². The van der Waals surface area contributed by atoms with Gasteiger partial charge in [-0.1, -0.05) is 48.4 Å². The second-order valence-electron chi connectivity index (χ2n) is 11.2. The Labute approximate surface area is 256 Å². The number of hydrogen-bond acceptors (Lipinski definition) is 6. The van der Waals surface area contributed by atoms with E-state index in [1.165, 1.54) is 11.1 Å². The van der Waals surface area contributed by atoms with E-state index in [2.05, 4.69) is 47.9 Å². The summed E-state index contributed by atoms with van der Waals surface area (Å²) >= 11 is 0. The predicted molar refractivity (Wildman–Crippen MR) is 169 cm³/mol. The highest BCUT2D eigenvalue weighted by Gasteiger charge is 2.29. The van der Waals surface area contributed by atoms with Crippen LogP contribution in [0.5, 0.6) is 0 Å². The quantitative estimate of drug-likeness (QED) is 0.217. The van der Waals surface area contributed by atoms with Crippen molar-refractivity contribution < 1.29 is 14.3 Å². The molecule has 0 bridgehead atoms. The summed E-state index contributed by atoms with van der Waals surface area (Å²) in [5, 5.41) is 9.75. The summed E-state index contributed by atoms with van der Waals surface area (Å²) < 4.78 is 5.42. The van der Waals surface area contributed by atoms with Crippen molar-refractivity contribution in [2.45, 2.75) is 73.6 Å². The fraction of sp³-hybridized carbons (Fsp3) is 0.471. The predicted octanol–water partition coefficient (Wildman–Crippen LogP) is 6.23. The highest BCUT2D eigenvalue weighted by molar-refractivity contribution is 5.93. The van der Waals surface area contributed by atoms with Crippen molar-refractivity contribution in [2.24, 2.45) is 0 Å². The van der Waals surface area contributed by atoms with E-state index < -0.39 is 0 Å². The Morgan fingerprint density at radius 2 is 1.77 bits per heavy atom. The van der Waals surface area contributed by atoms with Gasteiger partial charge in [0.25, 0.3) is 0 Å². The third kappa shape index (κ3) is 8.99. The molecular formula is C34H44N6O3. The van der Waals surface area contributed by atoms with Crippen molar-refractivity contribution in [3.05, 3.63) is 87.7 Å². The molecule has 0 aromatic heterocycles. The lowest BCUT2D eigenvalue weighted by Gasteiger charge is -2.27. The Balaban J connectivity index is 1.73. The largest absolute Gasteiger partial charge is 0.447 e. The minimum Gasteiger partial charge on any atom is -0.447 e. The lowest BCUT2D eigenvalue weighted by molar-refractivity contribution is -0.118. The first kappa shape index (κ1) is 33.0. The molecule has 1 aliphatic rings. The highest BCUT2D eigenvalue weighted by atomic mass is 16.6. The maximum atomic E-state index is 13.5. The first-order valence-corrected chi connectivity index (χ1v) is 15.0. The summed E-state index contributed by atoms with van der Waals surface area (Å²) in [4.78, 5) is 37.1. The van der Waals surface area contributed by atoms with Crippen LogP contribution in [0.4, 0.5) is 10.5 Å². The first-order valence-electron chi connectivity index (χ1n) is 15.0. The van der Waals surface area contributed by atoms with E-state index in [0.29, 0.717) is 51.6 Å². The van der Waals surface area contributed by atoms with Crippen LogP contribution in [0.2, 0.25) is 0 Å². The number of anilines is 1. The molecule has 1 aliphatic heterocycles. The van der Waals surface area contributed by atoms with Gasteiger partial charge in [0.1, 0.15) is 5.82 Å². The summed E-state index contributed by atoms with van der Waals surface area (Å²) in [5.74, 6) is 0.552. The van der Waals surface area contributed by atoms with E-state index in [4.69, 9.17) is 11.3 Å². The minimum atomic E-state index is -0.345. The standard InChI is InChI=1S/C34H44N6O3/c1-8-14-39(34(42)43-25(3)4)23-28-11-10-12-30(21-28)40(9-2)32(41)13-15-37-16-17-38(33(37)31(22-35)36-7)24-29-19-26(5)18-27(6)20-29/h10-12,18-21,25H,8-9,13-17,23-24H2,1-6H3. The zero-order valence-electron chi connectivity index (χ0n) is 26.4. The van der Waals surface area contributed by atoms with Gasteiger partial charge in [-0.15, -0.1) is 0 Å². The maximum Gasteiger partial charge on any atom is 0.410 e. The molecule has 9 heteroatoms. The molecule has 0 N–H and O–H groups in total. The Kier molecular flexibility index (Phi) is 12.0. The molecule has 2 aromatic carbocycles. The van der Waals surface area contributed by atoms with E-state index >= 15 is 0 Å². The molecule has 1 fully saturated rings. The normalized spacial score (nSPS) is 13.9. The summed E-state index contributed by atoms with van der Waals surface area (Å²) in [6, 6.07) is 16.2. The minimum absolute atomic E-state index is 0.0435. The second kappa shape index (κ2) is 15.7. The average molecular weight is 585 g/mol. The molecule has 0 atom stereocenters. The van der Waals surface area contributed by atoms with Crippen LogP contribution in [0.25, 0.3) is 4.85 Å². The monoisotopic (exact) mass is 584 g/mol. The number of carbonyl (C=O) groups is 2.